The van der Waals surface area contributed by atoms with Gasteiger partial charge in [0.15, 0.2) is 0 Å². The van der Waals surface area contributed by atoms with Crippen LogP contribution in [-0.4, -0.2) is 40.0 Å². The highest BCUT2D eigenvalue weighted by molar-refractivity contribution is 6.39. The van der Waals surface area contributed by atoms with Crippen LogP contribution in [0.3, 0.4) is 0 Å². The van der Waals surface area contributed by atoms with Crippen molar-refractivity contribution in [3.8, 4) is 17.2 Å². The average Bonchev–Trinajstić information content (AvgIpc) is 3.19. The van der Waals surface area contributed by atoms with Crippen molar-refractivity contribution in [1.82, 2.24) is 14.8 Å². The van der Waals surface area contributed by atoms with Crippen molar-refractivity contribution < 1.29 is 23.9 Å². The van der Waals surface area contributed by atoms with Crippen molar-refractivity contribution in [2.24, 2.45) is 12.1 Å². The van der Waals surface area contributed by atoms with Gasteiger partial charge in [-0.1, -0.05) is 36.4 Å². The number of hydrogen-bond acceptors (Lipinski definition) is 7. The van der Waals surface area contributed by atoms with E-state index in [1.165, 1.54) is 11.8 Å². The Hall–Kier alpha value is -5.45. The number of anilines is 1. The van der Waals surface area contributed by atoms with Gasteiger partial charge in [0.05, 0.1) is 29.8 Å². The molecule has 0 bridgehead atoms. The fourth-order valence-corrected chi connectivity index (χ4v) is 3.89. The van der Waals surface area contributed by atoms with Crippen LogP contribution in [0.2, 0.25) is 0 Å². The number of para-hydroxylation sites is 2. The molecule has 0 atom stereocenters. The lowest BCUT2D eigenvalue weighted by atomic mass is 10.1. The fourth-order valence-electron chi connectivity index (χ4n) is 3.89. The molecule has 1 heterocycles. The van der Waals surface area contributed by atoms with E-state index >= 15 is 0 Å². The maximum absolute atomic E-state index is 13.0. The second-order valence-electron chi connectivity index (χ2n) is 8.65. The van der Waals surface area contributed by atoms with Crippen molar-refractivity contribution in [3.05, 3.63) is 106 Å². The van der Waals surface area contributed by atoms with Crippen LogP contribution in [0.15, 0.2) is 88.8 Å². The maximum Gasteiger partial charge on any atom is 0.343 e. The lowest BCUT2D eigenvalue weighted by molar-refractivity contribution is -0.136. The molecule has 4 aromatic rings. The van der Waals surface area contributed by atoms with Crippen LogP contribution in [0.4, 0.5) is 5.69 Å². The van der Waals surface area contributed by atoms with Gasteiger partial charge in [0.2, 0.25) is 0 Å². The summed E-state index contributed by atoms with van der Waals surface area (Å²) < 4.78 is 13.7. The maximum atomic E-state index is 13.0. The molecular formula is C29H27N5O6. The fraction of sp³-hybridized carbons (Fsp3) is 0.138. The van der Waals surface area contributed by atoms with Gasteiger partial charge in [0.1, 0.15) is 17.2 Å². The first-order valence-corrected chi connectivity index (χ1v) is 12.2. The molecule has 204 valence electrons. The Morgan fingerprint density at radius 2 is 1.60 bits per heavy atom. The largest absolute Gasteiger partial charge is 0.497 e. The molecule has 40 heavy (non-hydrogen) atoms. The van der Waals surface area contributed by atoms with Crippen molar-refractivity contribution >= 4 is 29.2 Å². The van der Waals surface area contributed by atoms with Gasteiger partial charge in [-0.05, 0) is 56.3 Å². The molecule has 0 aliphatic heterocycles. The molecule has 0 aliphatic carbocycles. The zero-order valence-corrected chi connectivity index (χ0v) is 22.3. The summed E-state index contributed by atoms with van der Waals surface area (Å²) in [5.41, 5.74) is 3.72. The van der Waals surface area contributed by atoms with E-state index in [2.05, 4.69) is 15.8 Å². The van der Waals surface area contributed by atoms with Gasteiger partial charge in [0.25, 0.3) is 5.56 Å². The molecule has 3 aromatic carbocycles. The summed E-state index contributed by atoms with van der Waals surface area (Å²) in [5.74, 6) is -2.05. The molecule has 0 saturated carbocycles. The molecule has 0 fully saturated rings. The lowest BCUT2D eigenvalue weighted by Gasteiger charge is -2.10. The van der Waals surface area contributed by atoms with Crippen LogP contribution in [0.25, 0.3) is 5.69 Å². The molecule has 2 N–H and O–H groups in total. The normalized spacial score (nSPS) is 11.1. The van der Waals surface area contributed by atoms with E-state index in [1.54, 1.807) is 98.4 Å². The van der Waals surface area contributed by atoms with Gasteiger partial charge in [0, 0.05) is 12.6 Å². The molecule has 11 nitrogen and oxygen atoms in total. The number of amides is 2. The minimum atomic E-state index is -1.08. The van der Waals surface area contributed by atoms with Crippen molar-refractivity contribution in [3.63, 3.8) is 0 Å². The number of carbonyl (C=O) groups is 3. The van der Waals surface area contributed by atoms with Crippen LogP contribution in [0.5, 0.6) is 11.5 Å². The van der Waals surface area contributed by atoms with Gasteiger partial charge < -0.3 is 14.8 Å². The topological polar surface area (TPSA) is 133 Å². The number of hydrogen-bond donors (Lipinski definition) is 2. The highest BCUT2D eigenvalue weighted by Gasteiger charge is 2.22. The third-order valence-electron chi connectivity index (χ3n) is 6.11. The number of aromatic nitrogens is 2. The number of rotatable bonds is 7. The molecule has 0 aliphatic rings. The third-order valence-corrected chi connectivity index (χ3v) is 6.11. The SMILES string of the molecule is COc1cccc(C(=O)Oc2ccccc2/C(C)=N/NC(=O)C(=O)Nc2c(C)n(C)n(-c3ccccc3)c2=O)c1. The monoisotopic (exact) mass is 541 g/mol. The lowest BCUT2D eigenvalue weighted by Crippen LogP contribution is -2.34. The number of benzene rings is 3. The average molecular weight is 542 g/mol. The Morgan fingerprint density at radius 1 is 0.900 bits per heavy atom. The summed E-state index contributed by atoms with van der Waals surface area (Å²) in [6.07, 6.45) is 0. The van der Waals surface area contributed by atoms with Gasteiger partial charge >= 0.3 is 17.8 Å². The van der Waals surface area contributed by atoms with E-state index in [0.29, 0.717) is 22.7 Å². The van der Waals surface area contributed by atoms with Gasteiger partial charge in [-0.15, -0.1) is 0 Å². The Labute approximate surface area is 229 Å². The minimum absolute atomic E-state index is 0.0259. The van der Waals surface area contributed by atoms with Gasteiger partial charge in [-0.25, -0.2) is 14.9 Å². The quantitative estimate of drug-likeness (QED) is 0.121. The van der Waals surface area contributed by atoms with E-state index in [0.717, 1.165) is 0 Å². The number of nitrogens with zero attached hydrogens (tertiary/aromatic N) is 3. The van der Waals surface area contributed by atoms with E-state index in [-0.39, 0.29) is 22.7 Å². The highest BCUT2D eigenvalue weighted by atomic mass is 16.5. The first-order chi connectivity index (χ1) is 19.2. The molecule has 2 amide bonds. The summed E-state index contributed by atoms with van der Waals surface area (Å²) in [4.78, 5) is 50.8. The first kappa shape index (κ1) is 27.6. The summed E-state index contributed by atoms with van der Waals surface area (Å²) >= 11 is 0. The molecule has 0 saturated heterocycles. The molecule has 4 rings (SSSR count). The van der Waals surface area contributed by atoms with Crippen molar-refractivity contribution in [2.75, 3.05) is 12.4 Å². The van der Waals surface area contributed by atoms with E-state index in [1.807, 2.05) is 6.07 Å². The number of methoxy groups -OCH3 is 1. The van der Waals surface area contributed by atoms with Crippen LogP contribution in [0, 0.1) is 6.92 Å². The summed E-state index contributed by atoms with van der Waals surface area (Å²) in [7, 11) is 3.17. The molecule has 0 radical (unpaired) electrons. The molecule has 1 aromatic heterocycles. The van der Waals surface area contributed by atoms with Crippen molar-refractivity contribution in [1.29, 1.82) is 0 Å². The van der Waals surface area contributed by atoms with Crippen LogP contribution in [0.1, 0.15) is 28.5 Å². The zero-order valence-electron chi connectivity index (χ0n) is 22.3. The Kier molecular flexibility index (Phi) is 8.24. The van der Waals surface area contributed by atoms with E-state index < -0.39 is 23.3 Å². The summed E-state index contributed by atoms with van der Waals surface area (Å²) in [5, 5.41) is 6.38. The Bertz CT molecular complexity index is 1670. The Balaban J connectivity index is 1.47. The number of ether oxygens (including phenoxy) is 2. The predicted octanol–water partition coefficient (Wildman–Crippen LogP) is 3.19. The first-order valence-electron chi connectivity index (χ1n) is 12.2. The standard InChI is InChI=1S/C29H27N5O6/c1-18(23-15-8-9-16-24(23)40-29(38)20-11-10-14-22(17-20)39-4)31-32-27(36)26(35)30-25-19(2)33(3)34(28(25)37)21-12-6-5-7-13-21/h5-17H,1-4H3,(H,30,35)(H,32,36)/b31-18+. The number of hydrazone groups is 1. The smallest absolute Gasteiger partial charge is 0.343 e. The molecule has 11 heteroatoms. The highest BCUT2D eigenvalue weighted by Crippen LogP contribution is 2.21. The third kappa shape index (κ3) is 5.83. The van der Waals surface area contributed by atoms with E-state index in [4.69, 9.17) is 9.47 Å². The number of esters is 1. The van der Waals surface area contributed by atoms with Crippen LogP contribution >= 0.6 is 0 Å². The second-order valence-corrected chi connectivity index (χ2v) is 8.65. The predicted molar refractivity (Wildman–Crippen MR) is 149 cm³/mol. The summed E-state index contributed by atoms with van der Waals surface area (Å²) in [6, 6.07) is 22.0. The molecule has 0 unspecified atom stereocenters. The Morgan fingerprint density at radius 3 is 2.33 bits per heavy atom. The molecule has 0 spiro atoms. The summed E-state index contributed by atoms with van der Waals surface area (Å²) in [6.45, 7) is 3.23. The van der Waals surface area contributed by atoms with Crippen molar-refractivity contribution in [2.45, 2.75) is 13.8 Å². The number of carbonyl (C=O) groups excluding carboxylic acids is 3. The van der Waals surface area contributed by atoms with E-state index in [9.17, 15) is 19.2 Å². The zero-order chi connectivity index (χ0) is 28.8. The minimum Gasteiger partial charge on any atom is -0.497 e. The van der Waals surface area contributed by atoms with Gasteiger partial charge in [-0.2, -0.15) is 5.10 Å². The second kappa shape index (κ2) is 11.9. The molecular weight excluding hydrogens is 514 g/mol. The van der Waals surface area contributed by atoms with Crippen LogP contribution < -0.4 is 25.8 Å². The van der Waals surface area contributed by atoms with Gasteiger partial charge in [-0.3, -0.25) is 19.1 Å². The number of nitrogens with one attached hydrogen (secondary N) is 2. The van der Waals surface area contributed by atoms with Crippen LogP contribution in [-0.2, 0) is 16.6 Å².